The molecule has 2 N–H and O–H groups in total. The van der Waals surface area contributed by atoms with Crippen LogP contribution >= 0.6 is 0 Å². The highest BCUT2D eigenvalue weighted by Crippen LogP contribution is 2.17. The largest absolute Gasteiger partial charge is 0.284 e. The topological polar surface area (TPSA) is 106 Å². The van der Waals surface area contributed by atoms with E-state index in [0.29, 0.717) is 11.4 Å². The summed E-state index contributed by atoms with van der Waals surface area (Å²) in [6.45, 7) is 3.22. The van der Waals surface area contributed by atoms with E-state index in [-0.39, 0.29) is 10.6 Å². The van der Waals surface area contributed by atoms with Crippen LogP contribution in [0.3, 0.4) is 0 Å². The number of hydrogen-bond acceptors (Lipinski definition) is 5. The molecule has 0 atom stereocenters. The van der Waals surface area contributed by atoms with Crippen LogP contribution < -0.4 is 10.3 Å². The molecule has 1 amide bonds. The van der Waals surface area contributed by atoms with E-state index in [0.717, 1.165) is 0 Å². The van der Waals surface area contributed by atoms with Crippen molar-refractivity contribution in [2.45, 2.75) is 18.7 Å². The molecule has 0 bridgehead atoms. The lowest BCUT2D eigenvalue weighted by Gasteiger charge is -2.08. The summed E-state index contributed by atoms with van der Waals surface area (Å²) in [5, 5.41) is 4.03. The number of nitrogens with zero attached hydrogens (tertiary/aromatic N) is 3. The Morgan fingerprint density at radius 3 is 2.52 bits per heavy atom. The van der Waals surface area contributed by atoms with Gasteiger partial charge in [-0.15, -0.1) is 4.83 Å². The number of aromatic nitrogens is 3. The van der Waals surface area contributed by atoms with Crippen LogP contribution in [0.25, 0.3) is 0 Å². The number of carbonyl (C=O) groups is 1. The quantitative estimate of drug-likeness (QED) is 0.777. The smallest absolute Gasteiger partial charge is 0.272 e. The predicted octanol–water partition coefficient (Wildman–Crippen LogP) is 0.0552. The van der Waals surface area contributed by atoms with Crippen molar-refractivity contribution in [3.05, 3.63) is 41.5 Å². The molecule has 0 fully saturated rings. The lowest BCUT2D eigenvalue weighted by atomic mass is 10.3. The van der Waals surface area contributed by atoms with Gasteiger partial charge in [-0.2, -0.15) is 5.10 Å². The van der Waals surface area contributed by atoms with Gasteiger partial charge >= 0.3 is 0 Å². The first-order valence-corrected chi connectivity index (χ1v) is 7.54. The maximum Gasteiger partial charge on any atom is 0.284 e. The first kappa shape index (κ1) is 15.1. The molecule has 0 saturated carbocycles. The summed E-state index contributed by atoms with van der Waals surface area (Å²) in [7, 11) is -2.25. The number of nitrogens with one attached hydrogen (secondary N) is 2. The number of hydrogen-bond donors (Lipinski definition) is 2. The Hall–Kier alpha value is -2.26. The van der Waals surface area contributed by atoms with Crippen molar-refractivity contribution in [1.82, 2.24) is 25.0 Å². The van der Waals surface area contributed by atoms with Crippen LogP contribution in [0.2, 0.25) is 0 Å². The van der Waals surface area contributed by atoms with Gasteiger partial charge in [0.25, 0.3) is 15.9 Å². The first-order chi connectivity index (χ1) is 9.83. The molecule has 0 aliphatic carbocycles. The number of pyridine rings is 1. The Balaban J connectivity index is 2.17. The number of rotatable bonds is 4. The Labute approximate surface area is 122 Å². The second-order valence-corrected chi connectivity index (χ2v) is 6.02. The minimum absolute atomic E-state index is 0.0475. The SMILES string of the molecule is Cc1nn(C)c(C)c1S(=O)(=O)NNC(=O)c1ccccn1. The molecule has 21 heavy (non-hydrogen) atoms. The Bertz CT molecular complexity index is 768. The molecular weight excluding hydrogens is 294 g/mol. The molecule has 2 rings (SSSR count). The molecule has 0 spiro atoms. The van der Waals surface area contributed by atoms with E-state index >= 15 is 0 Å². The van der Waals surface area contributed by atoms with E-state index < -0.39 is 15.9 Å². The van der Waals surface area contributed by atoms with Crippen LogP contribution in [0.5, 0.6) is 0 Å². The maximum absolute atomic E-state index is 12.2. The molecule has 0 radical (unpaired) electrons. The molecule has 0 aromatic carbocycles. The summed E-state index contributed by atoms with van der Waals surface area (Å²) in [5.41, 5.74) is 3.07. The van der Waals surface area contributed by atoms with Crippen molar-refractivity contribution < 1.29 is 13.2 Å². The third-order valence-electron chi connectivity index (χ3n) is 2.91. The molecule has 112 valence electrons. The minimum atomic E-state index is -3.90. The van der Waals surface area contributed by atoms with Crippen molar-refractivity contribution in [3.63, 3.8) is 0 Å². The second-order valence-electron chi connectivity index (χ2n) is 4.40. The van der Waals surface area contributed by atoms with Gasteiger partial charge in [0.15, 0.2) is 0 Å². The van der Waals surface area contributed by atoms with Gasteiger partial charge < -0.3 is 0 Å². The van der Waals surface area contributed by atoms with Crippen LogP contribution in [0.1, 0.15) is 21.9 Å². The Morgan fingerprint density at radius 1 is 1.29 bits per heavy atom. The van der Waals surface area contributed by atoms with Crippen LogP contribution in [-0.2, 0) is 17.1 Å². The van der Waals surface area contributed by atoms with Crippen molar-refractivity contribution >= 4 is 15.9 Å². The van der Waals surface area contributed by atoms with Gasteiger partial charge in [0.05, 0.1) is 11.4 Å². The summed E-state index contributed by atoms with van der Waals surface area (Å²) in [6, 6.07) is 4.76. The van der Waals surface area contributed by atoms with Crippen molar-refractivity contribution in [1.29, 1.82) is 0 Å². The van der Waals surface area contributed by atoms with Gasteiger partial charge in [-0.05, 0) is 26.0 Å². The predicted molar refractivity (Wildman–Crippen MR) is 74.7 cm³/mol. The summed E-state index contributed by atoms with van der Waals surface area (Å²) in [4.78, 5) is 17.7. The average molecular weight is 309 g/mol. The van der Waals surface area contributed by atoms with Gasteiger partial charge in [-0.25, -0.2) is 8.42 Å². The number of sulfonamides is 1. The van der Waals surface area contributed by atoms with Crippen molar-refractivity contribution in [2.75, 3.05) is 0 Å². The molecule has 0 saturated heterocycles. The molecule has 8 nitrogen and oxygen atoms in total. The van der Waals surface area contributed by atoms with Crippen LogP contribution in [0.15, 0.2) is 29.3 Å². The zero-order valence-corrected chi connectivity index (χ0v) is 12.6. The lowest BCUT2D eigenvalue weighted by Crippen LogP contribution is -2.42. The summed E-state index contributed by atoms with van der Waals surface area (Å²) in [5.74, 6) is -0.640. The van der Waals surface area contributed by atoms with Crippen LogP contribution in [0, 0.1) is 13.8 Å². The number of hydrazine groups is 1. The third kappa shape index (κ3) is 3.09. The fourth-order valence-corrected chi connectivity index (χ4v) is 3.15. The van der Waals surface area contributed by atoms with Crippen molar-refractivity contribution in [3.8, 4) is 0 Å². The second kappa shape index (κ2) is 5.62. The van der Waals surface area contributed by atoms with Gasteiger partial charge in [0, 0.05) is 13.2 Å². The fraction of sp³-hybridized carbons (Fsp3) is 0.250. The number of carbonyl (C=O) groups excluding carboxylic acids is 1. The first-order valence-electron chi connectivity index (χ1n) is 6.06. The molecule has 2 heterocycles. The monoisotopic (exact) mass is 309 g/mol. The van der Waals surface area contributed by atoms with E-state index in [1.807, 2.05) is 4.83 Å². The molecule has 0 unspecified atom stereocenters. The van der Waals surface area contributed by atoms with E-state index in [1.54, 1.807) is 33.0 Å². The van der Waals surface area contributed by atoms with Gasteiger partial charge in [0.2, 0.25) is 0 Å². The van der Waals surface area contributed by atoms with E-state index in [9.17, 15) is 13.2 Å². The van der Waals surface area contributed by atoms with E-state index in [1.165, 1.54) is 16.9 Å². The summed E-state index contributed by atoms with van der Waals surface area (Å²) in [6.07, 6.45) is 1.44. The molecule has 0 aliphatic heterocycles. The highest BCUT2D eigenvalue weighted by Gasteiger charge is 2.24. The fourth-order valence-electron chi connectivity index (χ4n) is 1.87. The molecule has 2 aromatic heterocycles. The molecule has 0 aliphatic rings. The molecule has 2 aromatic rings. The van der Waals surface area contributed by atoms with Crippen LogP contribution in [-0.4, -0.2) is 29.1 Å². The highest BCUT2D eigenvalue weighted by atomic mass is 32.2. The van der Waals surface area contributed by atoms with Crippen LogP contribution in [0.4, 0.5) is 0 Å². The third-order valence-corrected chi connectivity index (χ3v) is 4.41. The Morgan fingerprint density at radius 2 is 2.00 bits per heavy atom. The van der Waals surface area contributed by atoms with E-state index in [2.05, 4.69) is 15.5 Å². The minimum Gasteiger partial charge on any atom is -0.272 e. The zero-order valence-electron chi connectivity index (χ0n) is 11.8. The molecule has 9 heteroatoms. The normalized spacial score (nSPS) is 11.4. The number of aryl methyl sites for hydroxylation is 2. The average Bonchev–Trinajstić information content (AvgIpc) is 2.71. The van der Waals surface area contributed by atoms with Gasteiger partial charge in [-0.1, -0.05) is 6.07 Å². The Kier molecular flexibility index (Phi) is 4.05. The lowest BCUT2D eigenvalue weighted by molar-refractivity contribution is 0.0940. The number of amides is 1. The maximum atomic E-state index is 12.2. The standard InChI is InChI=1S/C12H15N5O3S/c1-8-11(9(2)17(3)15-8)21(19,20)16-14-12(18)10-6-4-5-7-13-10/h4-7,16H,1-3H3,(H,14,18). The summed E-state index contributed by atoms with van der Waals surface area (Å²) < 4.78 is 25.9. The zero-order chi connectivity index (χ0) is 15.6. The van der Waals surface area contributed by atoms with E-state index in [4.69, 9.17) is 0 Å². The highest BCUT2D eigenvalue weighted by molar-refractivity contribution is 7.89. The van der Waals surface area contributed by atoms with Gasteiger partial charge in [-0.3, -0.25) is 19.9 Å². The van der Waals surface area contributed by atoms with Gasteiger partial charge in [0.1, 0.15) is 10.6 Å². The molecular formula is C12H15N5O3S. The summed E-state index contributed by atoms with van der Waals surface area (Å²) >= 11 is 0. The van der Waals surface area contributed by atoms with Crippen molar-refractivity contribution in [2.24, 2.45) is 7.05 Å².